The predicted molar refractivity (Wildman–Crippen MR) is 161 cm³/mol. The molecular weight excluding hydrogens is 647 g/mol. The largest absolute Gasteiger partial charge is 0.444 e. The molecule has 1 aliphatic rings. The van der Waals surface area contributed by atoms with Gasteiger partial charge in [-0.25, -0.2) is 23.1 Å². The fourth-order valence-electron chi connectivity index (χ4n) is 4.32. The van der Waals surface area contributed by atoms with Gasteiger partial charge >= 0.3 is 12.3 Å². The molecule has 3 aromatic rings. The van der Waals surface area contributed by atoms with Gasteiger partial charge in [0, 0.05) is 9.85 Å². The van der Waals surface area contributed by atoms with Crippen molar-refractivity contribution in [1.29, 1.82) is 0 Å². The van der Waals surface area contributed by atoms with Crippen molar-refractivity contribution in [2.75, 3.05) is 33.3 Å². The zero-order valence-electron chi connectivity index (χ0n) is 30.7. The van der Waals surface area contributed by atoms with Crippen LogP contribution in [-0.2, 0) is 14.2 Å². The normalized spacial score (nSPS) is 17.4. The Morgan fingerprint density at radius 1 is 1.00 bits per heavy atom. The number of fused-ring (bicyclic) bond motifs is 2. The van der Waals surface area contributed by atoms with Crippen LogP contribution in [0.2, 0.25) is 0 Å². The van der Waals surface area contributed by atoms with Crippen LogP contribution in [0.25, 0.3) is 5.65 Å². The van der Waals surface area contributed by atoms with Gasteiger partial charge < -0.3 is 24.8 Å². The molecule has 4 rings (SSSR count). The second kappa shape index (κ2) is 13.7. The van der Waals surface area contributed by atoms with E-state index in [2.05, 4.69) is 15.4 Å². The average Bonchev–Trinajstić information content (AvgIpc) is 3.55. The van der Waals surface area contributed by atoms with Gasteiger partial charge in [0.15, 0.2) is 11.2 Å². The fraction of sp³-hybridized carbons (Fsp3) is 0.516. The number of halogens is 5. The van der Waals surface area contributed by atoms with E-state index in [9.17, 15) is 27.6 Å². The molecule has 1 aromatic carbocycles. The minimum Gasteiger partial charge on any atom is -0.444 e. The van der Waals surface area contributed by atoms with E-state index in [0.717, 1.165) is 36.7 Å². The number of hydrogen-bond donors (Lipinski definition) is 2. The smallest absolute Gasteiger partial charge is 0.416 e. The molecule has 1 aliphatic heterocycles. The minimum absolute atomic E-state index is 0.0152. The maximum absolute atomic E-state index is 15.9. The summed E-state index contributed by atoms with van der Waals surface area (Å²) in [7, 11) is 1.18. The first-order chi connectivity index (χ1) is 23.7. The van der Waals surface area contributed by atoms with Crippen molar-refractivity contribution in [3.8, 4) is 0 Å². The van der Waals surface area contributed by atoms with E-state index in [4.69, 9.17) is 19.7 Å². The van der Waals surface area contributed by atoms with Gasteiger partial charge in [-0.15, -0.1) is 0 Å². The van der Waals surface area contributed by atoms with Gasteiger partial charge in [-0.3, -0.25) is 14.5 Å². The molecule has 3 amide bonds. The SMILES string of the molecule is [2H]C([2H])(N[C@H](COC)c1cnn2cc([C@H](COC(C)(C)C(F)(F)F)NC(=O)OC(C)(C)C)nc2c1)C(F)(F)C([2H])([2H])N1C(=O)c2ccccc2C1=O. The lowest BCUT2D eigenvalue weighted by Crippen LogP contribution is -2.46. The monoisotopic (exact) mass is 688 g/mol. The van der Waals surface area contributed by atoms with Gasteiger partial charge in [0.1, 0.15) is 5.60 Å². The van der Waals surface area contributed by atoms with Crippen LogP contribution in [0.1, 0.15) is 84.2 Å². The molecule has 48 heavy (non-hydrogen) atoms. The Hall–Kier alpha value is -4.22. The highest BCUT2D eigenvalue weighted by atomic mass is 19.4. The summed E-state index contributed by atoms with van der Waals surface area (Å²) >= 11 is 0. The molecule has 0 aliphatic carbocycles. The van der Waals surface area contributed by atoms with Gasteiger partial charge in [0.05, 0.1) is 70.2 Å². The fourth-order valence-corrected chi connectivity index (χ4v) is 4.32. The molecule has 0 fully saturated rings. The van der Waals surface area contributed by atoms with E-state index < -0.39 is 79.5 Å². The molecule has 3 heterocycles. The Morgan fingerprint density at radius 2 is 1.62 bits per heavy atom. The number of nitrogens with one attached hydrogen (secondary N) is 2. The molecule has 17 heteroatoms. The first kappa shape index (κ1) is 31.1. The summed E-state index contributed by atoms with van der Waals surface area (Å²) in [5, 5.41) is 8.57. The number of carbonyl (C=O) groups excluding carboxylic acids is 3. The van der Waals surface area contributed by atoms with E-state index >= 15 is 8.78 Å². The topological polar surface area (TPSA) is 136 Å². The number of rotatable bonds is 13. The highest BCUT2D eigenvalue weighted by Crippen LogP contribution is 2.34. The third kappa shape index (κ3) is 8.62. The molecule has 2 N–H and O–H groups in total. The van der Waals surface area contributed by atoms with Gasteiger partial charge in [0.2, 0.25) is 0 Å². The van der Waals surface area contributed by atoms with Gasteiger partial charge in [-0.1, -0.05) is 12.1 Å². The van der Waals surface area contributed by atoms with Crippen molar-refractivity contribution >= 4 is 23.6 Å². The number of alkyl halides is 5. The van der Waals surface area contributed by atoms with Crippen LogP contribution in [0.15, 0.2) is 42.7 Å². The highest BCUT2D eigenvalue weighted by molar-refractivity contribution is 6.21. The van der Waals surface area contributed by atoms with Crippen LogP contribution >= 0.6 is 0 Å². The maximum Gasteiger partial charge on any atom is 0.416 e. The number of ether oxygens (including phenoxy) is 3. The standard InChI is InChI=1S/C31H37F5N6O6/c1-28(2,3)48-27(45)40-23(15-47-29(4,5)31(34,35)36)21-13-42-24(39-21)11-18(12-38-42)22(14-46-6)37-16-30(32,33)17-41-25(43)19-9-7-8-10-20(19)26(41)44/h7-13,22-23,37H,14-17H2,1-6H3,(H,40,45)/t22-,23+/m1/s1/i16D2,17D2. The van der Waals surface area contributed by atoms with Crippen LogP contribution < -0.4 is 10.6 Å². The second-order valence-electron chi connectivity index (χ2n) is 12.2. The Balaban J connectivity index is 1.64. The van der Waals surface area contributed by atoms with Crippen molar-refractivity contribution < 1.29 is 56.0 Å². The number of hydrogen-bond acceptors (Lipinski definition) is 9. The lowest BCUT2D eigenvalue weighted by Gasteiger charge is -2.30. The first-order valence-corrected chi connectivity index (χ1v) is 14.4. The molecular formula is C31H37F5N6O6. The van der Waals surface area contributed by atoms with E-state index in [1.807, 2.05) is 5.32 Å². The Morgan fingerprint density at radius 3 is 2.19 bits per heavy atom. The number of imidazole rings is 1. The second-order valence-corrected chi connectivity index (χ2v) is 12.2. The lowest BCUT2D eigenvalue weighted by atomic mass is 10.1. The summed E-state index contributed by atoms with van der Waals surface area (Å²) in [5.74, 6) is -7.81. The van der Waals surface area contributed by atoms with Crippen molar-refractivity contribution in [2.24, 2.45) is 0 Å². The minimum atomic E-state index is -5.07. The number of carbonyl (C=O) groups is 3. The Labute approximate surface area is 278 Å². The predicted octanol–water partition coefficient (Wildman–Crippen LogP) is 4.86. The number of nitrogens with zero attached hydrogens (tertiary/aromatic N) is 4. The van der Waals surface area contributed by atoms with Gasteiger partial charge in [0.25, 0.3) is 17.7 Å². The van der Waals surface area contributed by atoms with Crippen molar-refractivity contribution in [2.45, 2.75) is 70.0 Å². The maximum atomic E-state index is 15.9. The average molecular weight is 689 g/mol. The summed E-state index contributed by atoms with van der Waals surface area (Å²) in [6, 6.07) is 3.48. The molecule has 2 atom stereocenters. The van der Waals surface area contributed by atoms with Crippen LogP contribution in [0.3, 0.4) is 0 Å². The van der Waals surface area contributed by atoms with E-state index in [1.54, 1.807) is 20.8 Å². The molecule has 0 unspecified atom stereocenters. The quantitative estimate of drug-likeness (QED) is 0.191. The number of imide groups is 1. The molecule has 0 bridgehead atoms. The molecule has 0 spiro atoms. The highest BCUT2D eigenvalue weighted by Gasteiger charge is 2.49. The van der Waals surface area contributed by atoms with E-state index in [1.165, 1.54) is 31.5 Å². The summed E-state index contributed by atoms with van der Waals surface area (Å²) in [6.07, 6.45) is -3.39. The summed E-state index contributed by atoms with van der Waals surface area (Å²) in [5.41, 5.74) is -4.33. The van der Waals surface area contributed by atoms with E-state index in [-0.39, 0.29) is 32.9 Å². The molecule has 0 saturated carbocycles. The summed E-state index contributed by atoms with van der Waals surface area (Å²) in [4.78, 5) is 42.3. The number of aromatic nitrogens is 3. The van der Waals surface area contributed by atoms with Gasteiger partial charge in [-0.05, 0) is 58.4 Å². The van der Waals surface area contributed by atoms with Crippen molar-refractivity contribution in [3.63, 3.8) is 0 Å². The molecule has 262 valence electrons. The number of methoxy groups -OCH3 is 1. The number of alkyl carbamates (subject to hydrolysis) is 1. The molecule has 12 nitrogen and oxygen atoms in total. The molecule has 0 radical (unpaired) electrons. The zero-order valence-corrected chi connectivity index (χ0v) is 26.7. The zero-order chi connectivity index (χ0) is 39.2. The summed E-state index contributed by atoms with van der Waals surface area (Å²) < 4.78 is 122. The van der Waals surface area contributed by atoms with Crippen LogP contribution in [0, 0.1) is 0 Å². The van der Waals surface area contributed by atoms with E-state index in [0.29, 0.717) is 0 Å². The van der Waals surface area contributed by atoms with Crippen LogP contribution in [0.5, 0.6) is 0 Å². The van der Waals surface area contributed by atoms with Crippen molar-refractivity contribution in [1.82, 2.24) is 30.1 Å². The summed E-state index contributed by atoms with van der Waals surface area (Å²) in [6.45, 7) is -3.02. The number of amides is 3. The van der Waals surface area contributed by atoms with Gasteiger partial charge in [-0.2, -0.15) is 18.3 Å². The first-order valence-electron chi connectivity index (χ1n) is 16.4. The lowest BCUT2D eigenvalue weighted by molar-refractivity contribution is -0.265. The van der Waals surface area contributed by atoms with Crippen molar-refractivity contribution in [3.05, 3.63) is 65.1 Å². The third-order valence-electron chi connectivity index (χ3n) is 6.89. The molecule has 2 aromatic heterocycles. The van der Waals surface area contributed by atoms with Crippen LogP contribution in [-0.4, -0.2) is 94.0 Å². The third-order valence-corrected chi connectivity index (χ3v) is 6.89. The molecule has 0 saturated heterocycles. The van der Waals surface area contributed by atoms with Crippen LogP contribution in [0.4, 0.5) is 26.7 Å². The number of benzene rings is 1. The Bertz CT molecular complexity index is 1800. The Kier molecular flexibility index (Phi) is 8.88.